The third kappa shape index (κ3) is 2.78. The predicted octanol–water partition coefficient (Wildman–Crippen LogP) is 2.95. The fraction of sp³-hybridized carbons (Fsp3) is 0.312. The monoisotopic (exact) mass is 318 g/mol. The van der Waals surface area contributed by atoms with Crippen LogP contribution in [0.15, 0.2) is 52.2 Å². The van der Waals surface area contributed by atoms with Gasteiger partial charge in [-0.05, 0) is 29.7 Å². The summed E-state index contributed by atoms with van der Waals surface area (Å²) in [4.78, 5) is 0. The highest BCUT2D eigenvalue weighted by Crippen LogP contribution is 2.34. The van der Waals surface area contributed by atoms with E-state index in [2.05, 4.69) is 12.0 Å². The van der Waals surface area contributed by atoms with Gasteiger partial charge in [-0.2, -0.15) is 9.52 Å². The Bertz CT molecular complexity index is 777. The molecule has 1 atom stereocenters. The Morgan fingerprint density at radius 3 is 2.55 bits per heavy atom. The minimum Gasteiger partial charge on any atom is -0.467 e. The molecule has 2 aromatic rings. The Labute approximate surface area is 130 Å². The summed E-state index contributed by atoms with van der Waals surface area (Å²) >= 11 is 0. The van der Waals surface area contributed by atoms with Gasteiger partial charge in [-0.25, -0.2) is 8.42 Å². The molecule has 5 nitrogen and oxygen atoms in total. The van der Waals surface area contributed by atoms with Gasteiger partial charge in [-0.3, -0.25) is 0 Å². The Morgan fingerprint density at radius 1 is 1.27 bits per heavy atom. The fourth-order valence-electron chi connectivity index (χ4n) is 2.59. The molecule has 1 unspecified atom stereocenters. The zero-order valence-corrected chi connectivity index (χ0v) is 13.4. The average molecular weight is 318 g/mol. The number of benzene rings is 1. The van der Waals surface area contributed by atoms with E-state index in [1.54, 1.807) is 18.4 Å². The maximum Gasteiger partial charge on any atom is 0.247 e. The number of aryl methyl sites for hydroxylation is 1. The van der Waals surface area contributed by atoms with Crippen LogP contribution in [0.25, 0.3) is 0 Å². The van der Waals surface area contributed by atoms with Crippen molar-refractivity contribution in [1.29, 1.82) is 0 Å². The molecular formula is C16H18N2O3S. The van der Waals surface area contributed by atoms with Crippen molar-refractivity contribution in [1.82, 2.24) is 4.41 Å². The fourth-order valence-corrected chi connectivity index (χ4v) is 3.48. The molecule has 0 radical (unpaired) electrons. The molecule has 0 N–H and O–H groups in total. The van der Waals surface area contributed by atoms with E-state index in [0.29, 0.717) is 12.2 Å². The molecule has 3 rings (SSSR count). The molecule has 1 aliphatic rings. The van der Waals surface area contributed by atoms with Crippen molar-refractivity contribution < 1.29 is 12.8 Å². The Morgan fingerprint density at radius 2 is 2.00 bits per heavy atom. The molecule has 116 valence electrons. The van der Waals surface area contributed by atoms with E-state index in [1.165, 1.54) is 5.56 Å². The third-order valence-electron chi connectivity index (χ3n) is 3.78. The van der Waals surface area contributed by atoms with Gasteiger partial charge in [-0.15, -0.1) is 0 Å². The molecule has 0 saturated carbocycles. The summed E-state index contributed by atoms with van der Waals surface area (Å²) in [7, 11) is -3.45. The van der Waals surface area contributed by atoms with E-state index in [0.717, 1.165) is 28.4 Å². The number of nitrogens with zero attached hydrogens (tertiary/aromatic N) is 2. The topological polar surface area (TPSA) is 62.9 Å². The molecule has 0 amide bonds. The highest BCUT2D eigenvalue weighted by atomic mass is 32.2. The summed E-state index contributed by atoms with van der Waals surface area (Å²) in [5.74, 6) is 0.606. The summed E-state index contributed by atoms with van der Waals surface area (Å²) in [6.07, 6.45) is 4.18. The summed E-state index contributed by atoms with van der Waals surface area (Å²) in [5, 5.41) is 4.32. The second-order valence-electron chi connectivity index (χ2n) is 5.37. The van der Waals surface area contributed by atoms with Crippen LogP contribution in [0.1, 0.15) is 36.3 Å². The van der Waals surface area contributed by atoms with Crippen LogP contribution in [0.2, 0.25) is 0 Å². The molecule has 0 bridgehead atoms. The van der Waals surface area contributed by atoms with E-state index < -0.39 is 16.1 Å². The van der Waals surface area contributed by atoms with Gasteiger partial charge >= 0.3 is 0 Å². The lowest BCUT2D eigenvalue weighted by Crippen LogP contribution is -2.25. The molecule has 2 heterocycles. The zero-order chi connectivity index (χ0) is 15.7. The van der Waals surface area contributed by atoms with Crippen LogP contribution >= 0.6 is 0 Å². The van der Waals surface area contributed by atoms with Crippen LogP contribution in [-0.2, 0) is 16.4 Å². The van der Waals surface area contributed by atoms with Crippen molar-refractivity contribution in [2.24, 2.45) is 5.10 Å². The molecule has 0 fully saturated rings. The van der Waals surface area contributed by atoms with Crippen molar-refractivity contribution in [3.05, 3.63) is 59.5 Å². The first kappa shape index (κ1) is 14.8. The molecule has 0 spiro atoms. The standard InChI is InChI=1S/C16H18N2O3S/c1-3-12-6-8-13(9-7-12)14-11-15(16-5-4-10-21-16)18(17-14)22(2,19)20/h4-10,15H,3,11H2,1-2H3. The van der Waals surface area contributed by atoms with Crippen LogP contribution < -0.4 is 0 Å². The van der Waals surface area contributed by atoms with E-state index in [-0.39, 0.29) is 0 Å². The molecule has 0 aliphatic carbocycles. The van der Waals surface area contributed by atoms with E-state index in [4.69, 9.17) is 4.42 Å². The zero-order valence-electron chi connectivity index (χ0n) is 12.6. The lowest BCUT2D eigenvalue weighted by Gasteiger charge is -2.18. The maximum atomic E-state index is 12.0. The van der Waals surface area contributed by atoms with Gasteiger partial charge in [0.15, 0.2) is 0 Å². The van der Waals surface area contributed by atoms with Crippen molar-refractivity contribution in [3.8, 4) is 0 Å². The van der Waals surface area contributed by atoms with E-state index in [1.807, 2.05) is 24.3 Å². The first-order valence-corrected chi connectivity index (χ1v) is 9.03. The van der Waals surface area contributed by atoms with Gasteiger partial charge < -0.3 is 4.42 Å². The molecule has 6 heteroatoms. The first-order chi connectivity index (χ1) is 10.5. The predicted molar refractivity (Wildman–Crippen MR) is 85.1 cm³/mol. The van der Waals surface area contributed by atoms with Crippen molar-refractivity contribution in [3.63, 3.8) is 0 Å². The average Bonchev–Trinajstić information content (AvgIpc) is 3.15. The normalized spacial score (nSPS) is 18.5. The van der Waals surface area contributed by atoms with Gasteiger partial charge in [0.05, 0.1) is 18.2 Å². The van der Waals surface area contributed by atoms with Gasteiger partial charge in [0.2, 0.25) is 10.0 Å². The number of hydrazone groups is 1. The largest absolute Gasteiger partial charge is 0.467 e. The smallest absolute Gasteiger partial charge is 0.247 e. The Kier molecular flexibility index (Phi) is 3.78. The summed E-state index contributed by atoms with van der Waals surface area (Å²) < 4.78 is 30.5. The Balaban J connectivity index is 1.96. The van der Waals surface area contributed by atoms with E-state index in [9.17, 15) is 8.42 Å². The third-order valence-corrected chi connectivity index (χ3v) is 4.80. The first-order valence-electron chi connectivity index (χ1n) is 7.18. The minimum absolute atomic E-state index is 0.411. The maximum absolute atomic E-state index is 12.0. The molecular weight excluding hydrogens is 300 g/mol. The van der Waals surface area contributed by atoms with Gasteiger partial charge in [0, 0.05) is 6.42 Å². The van der Waals surface area contributed by atoms with Crippen LogP contribution in [0.5, 0.6) is 0 Å². The molecule has 1 aromatic heterocycles. The van der Waals surface area contributed by atoms with Gasteiger partial charge in [0.25, 0.3) is 0 Å². The lowest BCUT2D eigenvalue weighted by atomic mass is 10.0. The highest BCUT2D eigenvalue weighted by molar-refractivity contribution is 7.88. The summed E-state index contributed by atoms with van der Waals surface area (Å²) in [6.45, 7) is 2.10. The van der Waals surface area contributed by atoms with Crippen molar-refractivity contribution in [2.45, 2.75) is 25.8 Å². The molecule has 22 heavy (non-hydrogen) atoms. The number of sulfonamides is 1. The highest BCUT2D eigenvalue weighted by Gasteiger charge is 2.36. The quantitative estimate of drug-likeness (QED) is 0.870. The number of hydrogen-bond acceptors (Lipinski definition) is 4. The molecule has 1 aliphatic heterocycles. The van der Waals surface area contributed by atoms with E-state index >= 15 is 0 Å². The van der Waals surface area contributed by atoms with Crippen LogP contribution in [0.3, 0.4) is 0 Å². The molecule has 0 saturated heterocycles. The number of rotatable bonds is 4. The van der Waals surface area contributed by atoms with Crippen LogP contribution in [0.4, 0.5) is 0 Å². The van der Waals surface area contributed by atoms with Crippen molar-refractivity contribution in [2.75, 3.05) is 6.26 Å². The summed E-state index contributed by atoms with van der Waals surface area (Å²) in [5.41, 5.74) is 2.94. The Hall–Kier alpha value is -2.08. The number of furan rings is 1. The summed E-state index contributed by atoms with van der Waals surface area (Å²) in [6, 6.07) is 11.2. The van der Waals surface area contributed by atoms with Crippen LogP contribution in [-0.4, -0.2) is 24.8 Å². The van der Waals surface area contributed by atoms with Gasteiger partial charge in [-0.1, -0.05) is 31.2 Å². The lowest BCUT2D eigenvalue weighted by molar-refractivity contribution is 0.322. The second-order valence-corrected chi connectivity index (χ2v) is 7.21. The van der Waals surface area contributed by atoms with Gasteiger partial charge in [0.1, 0.15) is 11.8 Å². The van der Waals surface area contributed by atoms with Crippen LogP contribution in [0, 0.1) is 0 Å². The number of hydrogen-bond donors (Lipinski definition) is 0. The molecule has 1 aromatic carbocycles. The second kappa shape index (κ2) is 5.61. The SMILES string of the molecule is CCc1ccc(C2=NN(S(C)(=O)=O)C(c3ccco3)C2)cc1. The van der Waals surface area contributed by atoms with Crippen molar-refractivity contribution >= 4 is 15.7 Å². The minimum atomic E-state index is -3.45.